The Kier molecular flexibility index (Phi) is 5.15. The molecule has 0 spiro atoms. The van der Waals surface area contributed by atoms with Gasteiger partial charge in [-0.3, -0.25) is 4.90 Å². The van der Waals surface area contributed by atoms with Crippen LogP contribution < -0.4 is 5.32 Å². The first kappa shape index (κ1) is 17.7. The van der Waals surface area contributed by atoms with Crippen LogP contribution in [0.3, 0.4) is 0 Å². The molecule has 8 heteroatoms. The van der Waals surface area contributed by atoms with E-state index in [1.165, 1.54) is 11.3 Å². The van der Waals surface area contributed by atoms with Crippen molar-refractivity contribution in [2.24, 2.45) is 0 Å². The average molecular weight is 379 g/mol. The van der Waals surface area contributed by atoms with Crippen LogP contribution in [0, 0.1) is 5.82 Å². The molecule has 1 aromatic heterocycles. The molecule has 130 valence electrons. The van der Waals surface area contributed by atoms with Crippen molar-refractivity contribution in [1.29, 1.82) is 0 Å². The van der Waals surface area contributed by atoms with E-state index in [1.807, 2.05) is 4.90 Å². The highest BCUT2D eigenvalue weighted by atomic mass is 35.5. The minimum absolute atomic E-state index is 0.297. The quantitative estimate of drug-likeness (QED) is 0.788. The summed E-state index contributed by atoms with van der Waals surface area (Å²) in [6, 6.07) is 4.51. The van der Waals surface area contributed by atoms with Crippen molar-refractivity contribution in [2.45, 2.75) is 12.2 Å². The number of piperazine rings is 1. The lowest BCUT2D eigenvalue weighted by molar-refractivity contribution is -0.138. The molecule has 0 unspecified atom stereocenters. The van der Waals surface area contributed by atoms with Gasteiger partial charge < -0.3 is 5.32 Å². The zero-order valence-corrected chi connectivity index (χ0v) is 14.1. The molecule has 24 heavy (non-hydrogen) atoms. The molecule has 1 aliphatic rings. The first-order valence-corrected chi connectivity index (χ1v) is 8.68. The minimum Gasteiger partial charge on any atom is -0.314 e. The molecule has 1 fully saturated rings. The second kappa shape index (κ2) is 7.00. The molecule has 0 saturated carbocycles. The van der Waals surface area contributed by atoms with Gasteiger partial charge in [-0.1, -0.05) is 17.7 Å². The summed E-state index contributed by atoms with van der Waals surface area (Å²) in [5.74, 6) is -0.997. The van der Waals surface area contributed by atoms with Gasteiger partial charge in [0.2, 0.25) is 0 Å². The highest BCUT2D eigenvalue weighted by molar-refractivity contribution is 7.10. The SMILES string of the molecule is Fc1c(Cl)ccc(C(F)(F)F)c1[C@H](c1cccs1)N1CCNCC1. The lowest BCUT2D eigenvalue weighted by Crippen LogP contribution is -2.45. The molecule has 0 bridgehead atoms. The second-order valence-corrected chi connectivity index (χ2v) is 6.91. The highest BCUT2D eigenvalue weighted by Gasteiger charge is 2.40. The highest BCUT2D eigenvalue weighted by Crippen LogP contribution is 2.43. The Balaban J connectivity index is 2.19. The Hall–Kier alpha value is -1.15. The fourth-order valence-corrected chi connectivity index (χ4v) is 4.00. The first-order valence-electron chi connectivity index (χ1n) is 7.43. The maximum absolute atomic E-state index is 14.7. The Morgan fingerprint density at radius 1 is 1.17 bits per heavy atom. The molecular formula is C16H15ClF4N2S. The number of hydrogen-bond donors (Lipinski definition) is 1. The largest absolute Gasteiger partial charge is 0.416 e. The van der Waals surface area contributed by atoms with E-state index in [4.69, 9.17) is 11.6 Å². The lowest BCUT2D eigenvalue weighted by atomic mass is 9.96. The molecule has 1 aromatic carbocycles. The predicted molar refractivity (Wildman–Crippen MR) is 87.0 cm³/mol. The molecule has 1 N–H and O–H groups in total. The number of alkyl halides is 3. The molecule has 1 atom stereocenters. The van der Waals surface area contributed by atoms with Crippen LogP contribution >= 0.6 is 22.9 Å². The van der Waals surface area contributed by atoms with E-state index in [-0.39, 0.29) is 10.6 Å². The van der Waals surface area contributed by atoms with E-state index >= 15 is 0 Å². The Bertz CT molecular complexity index is 697. The summed E-state index contributed by atoms with van der Waals surface area (Å²) in [6.45, 7) is 2.36. The number of hydrogen-bond acceptors (Lipinski definition) is 3. The third-order valence-corrected chi connectivity index (χ3v) is 5.26. The molecule has 1 saturated heterocycles. The summed E-state index contributed by atoms with van der Waals surface area (Å²) in [5, 5.41) is 4.64. The number of rotatable bonds is 3. The van der Waals surface area contributed by atoms with Gasteiger partial charge in [-0.25, -0.2) is 4.39 Å². The number of nitrogens with one attached hydrogen (secondary N) is 1. The van der Waals surface area contributed by atoms with Gasteiger partial charge in [0, 0.05) is 36.6 Å². The maximum atomic E-state index is 14.7. The number of nitrogens with zero attached hydrogens (tertiary/aromatic N) is 1. The number of benzene rings is 1. The normalized spacial score (nSPS) is 17.9. The van der Waals surface area contributed by atoms with Gasteiger partial charge in [0.05, 0.1) is 16.6 Å². The van der Waals surface area contributed by atoms with Gasteiger partial charge in [0.1, 0.15) is 5.82 Å². The summed E-state index contributed by atoms with van der Waals surface area (Å²) in [7, 11) is 0. The van der Waals surface area contributed by atoms with Crippen LogP contribution in [-0.2, 0) is 6.18 Å². The molecule has 3 rings (SSSR count). The van der Waals surface area contributed by atoms with Crippen LogP contribution in [0.1, 0.15) is 22.0 Å². The summed E-state index contributed by atoms with van der Waals surface area (Å²) in [6.07, 6.45) is -4.65. The van der Waals surface area contributed by atoms with Gasteiger partial charge in [-0.05, 0) is 23.6 Å². The molecule has 0 radical (unpaired) electrons. The molecular weight excluding hydrogens is 364 g/mol. The summed E-state index contributed by atoms with van der Waals surface area (Å²) < 4.78 is 55.2. The van der Waals surface area contributed by atoms with Gasteiger partial charge in [-0.15, -0.1) is 11.3 Å². The second-order valence-electron chi connectivity index (χ2n) is 5.52. The van der Waals surface area contributed by atoms with Crippen molar-refractivity contribution in [3.63, 3.8) is 0 Å². The molecule has 2 heterocycles. The van der Waals surface area contributed by atoms with Crippen molar-refractivity contribution < 1.29 is 17.6 Å². The van der Waals surface area contributed by atoms with E-state index < -0.39 is 23.6 Å². The molecule has 2 nitrogen and oxygen atoms in total. The van der Waals surface area contributed by atoms with Crippen LogP contribution in [-0.4, -0.2) is 31.1 Å². The van der Waals surface area contributed by atoms with Crippen molar-refractivity contribution in [3.05, 3.63) is 56.5 Å². The average Bonchev–Trinajstić information content (AvgIpc) is 3.06. The third-order valence-electron chi connectivity index (χ3n) is 4.04. The van der Waals surface area contributed by atoms with Gasteiger partial charge >= 0.3 is 6.18 Å². The van der Waals surface area contributed by atoms with Gasteiger partial charge in [-0.2, -0.15) is 13.2 Å². The van der Waals surface area contributed by atoms with Crippen LogP contribution in [0.5, 0.6) is 0 Å². The predicted octanol–water partition coefficient (Wildman–Crippen LogP) is 4.55. The van der Waals surface area contributed by atoms with Crippen LogP contribution in [0.2, 0.25) is 5.02 Å². The van der Waals surface area contributed by atoms with Crippen LogP contribution in [0.15, 0.2) is 29.6 Å². The van der Waals surface area contributed by atoms with Crippen molar-refractivity contribution in [1.82, 2.24) is 10.2 Å². The molecule has 2 aromatic rings. The smallest absolute Gasteiger partial charge is 0.314 e. The zero-order chi connectivity index (χ0) is 17.3. The Morgan fingerprint density at radius 3 is 2.46 bits per heavy atom. The first-order chi connectivity index (χ1) is 11.4. The Morgan fingerprint density at radius 2 is 1.88 bits per heavy atom. The van der Waals surface area contributed by atoms with Crippen molar-refractivity contribution in [2.75, 3.05) is 26.2 Å². The van der Waals surface area contributed by atoms with E-state index in [2.05, 4.69) is 5.32 Å². The fraction of sp³-hybridized carbons (Fsp3) is 0.375. The van der Waals surface area contributed by atoms with E-state index in [0.29, 0.717) is 31.1 Å². The van der Waals surface area contributed by atoms with E-state index in [1.54, 1.807) is 17.5 Å². The summed E-state index contributed by atoms with van der Waals surface area (Å²) in [4.78, 5) is 2.54. The van der Waals surface area contributed by atoms with Crippen molar-refractivity contribution in [3.8, 4) is 0 Å². The molecule has 1 aliphatic heterocycles. The molecule has 0 amide bonds. The summed E-state index contributed by atoms with van der Waals surface area (Å²) in [5.41, 5.74) is -1.36. The van der Waals surface area contributed by atoms with Crippen LogP contribution in [0.25, 0.3) is 0 Å². The summed E-state index contributed by atoms with van der Waals surface area (Å²) >= 11 is 7.12. The lowest BCUT2D eigenvalue weighted by Gasteiger charge is -2.36. The monoisotopic (exact) mass is 378 g/mol. The third kappa shape index (κ3) is 3.44. The van der Waals surface area contributed by atoms with E-state index in [9.17, 15) is 17.6 Å². The van der Waals surface area contributed by atoms with Gasteiger partial charge in [0.15, 0.2) is 0 Å². The van der Waals surface area contributed by atoms with Crippen molar-refractivity contribution >= 4 is 22.9 Å². The maximum Gasteiger partial charge on any atom is 0.416 e. The minimum atomic E-state index is -4.65. The fourth-order valence-electron chi connectivity index (χ4n) is 2.97. The number of halogens is 5. The zero-order valence-electron chi connectivity index (χ0n) is 12.5. The van der Waals surface area contributed by atoms with Gasteiger partial charge in [0.25, 0.3) is 0 Å². The molecule has 0 aliphatic carbocycles. The standard InChI is InChI=1S/C16H15ClF4N2S/c17-11-4-3-10(16(19,20)21)13(14(11)18)15(12-2-1-9-24-12)23-7-5-22-6-8-23/h1-4,9,15,22H,5-8H2/t15-/m0/s1. The Labute approximate surface area is 146 Å². The van der Waals surface area contributed by atoms with E-state index in [0.717, 1.165) is 12.1 Å². The van der Waals surface area contributed by atoms with Crippen LogP contribution in [0.4, 0.5) is 17.6 Å². The number of thiophene rings is 1. The topological polar surface area (TPSA) is 15.3 Å².